The van der Waals surface area contributed by atoms with Crippen molar-refractivity contribution in [2.45, 2.75) is 36.6 Å². The van der Waals surface area contributed by atoms with Crippen molar-refractivity contribution in [3.8, 4) is 5.75 Å². The lowest BCUT2D eigenvalue weighted by Crippen LogP contribution is -2.31. The first-order valence-electron chi connectivity index (χ1n) is 12.3. The van der Waals surface area contributed by atoms with Gasteiger partial charge in [-0.15, -0.1) is 0 Å². The van der Waals surface area contributed by atoms with Crippen LogP contribution in [0.25, 0.3) is 0 Å². The fourth-order valence-corrected chi connectivity index (χ4v) is 5.09. The number of benzene rings is 2. The van der Waals surface area contributed by atoms with E-state index in [-0.39, 0.29) is 28.9 Å². The van der Waals surface area contributed by atoms with E-state index in [4.69, 9.17) is 4.74 Å². The second-order valence-corrected chi connectivity index (χ2v) is 11.4. The number of hydrogen-bond donors (Lipinski definition) is 2. The Kier molecular flexibility index (Phi) is 8.45. The summed E-state index contributed by atoms with van der Waals surface area (Å²) in [6, 6.07) is 13.1. The van der Waals surface area contributed by atoms with Gasteiger partial charge in [-0.3, -0.25) is 4.79 Å². The molecule has 2 N–H and O–H groups in total. The Morgan fingerprint density at radius 2 is 1.82 bits per heavy atom. The number of hydrogen-bond acceptors (Lipinski definition) is 7. The van der Waals surface area contributed by atoms with Crippen LogP contribution in [-0.4, -0.2) is 56.0 Å². The Hall–Kier alpha value is -3.64. The summed E-state index contributed by atoms with van der Waals surface area (Å²) in [6.07, 6.45) is -2.56. The minimum atomic E-state index is -4.40. The Bertz CT molecular complexity index is 1380. The molecule has 1 saturated heterocycles. The van der Waals surface area contributed by atoms with E-state index in [1.807, 2.05) is 4.90 Å². The summed E-state index contributed by atoms with van der Waals surface area (Å²) >= 11 is 0. The van der Waals surface area contributed by atoms with Gasteiger partial charge < -0.3 is 20.1 Å². The van der Waals surface area contributed by atoms with E-state index in [2.05, 4.69) is 10.3 Å². The first kappa shape index (κ1) is 28.4. The van der Waals surface area contributed by atoms with Gasteiger partial charge in [-0.2, -0.15) is 13.2 Å². The number of alkyl halides is 3. The first-order valence-corrected chi connectivity index (χ1v) is 13.9. The van der Waals surface area contributed by atoms with Crippen molar-refractivity contribution in [3.63, 3.8) is 0 Å². The number of rotatable bonds is 9. The number of aliphatic hydroxyl groups is 1. The molecule has 0 aliphatic carbocycles. The molecule has 1 aliphatic rings. The van der Waals surface area contributed by atoms with E-state index in [0.717, 1.165) is 12.1 Å². The zero-order valence-corrected chi connectivity index (χ0v) is 21.9. The number of anilines is 1. The number of carbonyl (C=O) groups excluding carboxylic acids is 1. The molecular weight excluding hydrogens is 535 g/mol. The highest BCUT2D eigenvalue weighted by atomic mass is 32.2. The van der Waals surface area contributed by atoms with E-state index in [9.17, 15) is 31.5 Å². The van der Waals surface area contributed by atoms with Crippen molar-refractivity contribution in [3.05, 3.63) is 83.6 Å². The summed E-state index contributed by atoms with van der Waals surface area (Å²) in [5.41, 5.74) is 0.0997. The monoisotopic (exact) mass is 563 g/mol. The Morgan fingerprint density at radius 1 is 1.13 bits per heavy atom. The lowest BCUT2D eigenvalue weighted by Gasteiger charge is -2.19. The van der Waals surface area contributed by atoms with Gasteiger partial charge in [0.2, 0.25) is 0 Å². The highest BCUT2D eigenvalue weighted by Gasteiger charge is 2.30. The minimum absolute atomic E-state index is 0.0280. The number of amides is 1. The van der Waals surface area contributed by atoms with E-state index in [0.29, 0.717) is 36.6 Å². The third kappa shape index (κ3) is 6.87. The van der Waals surface area contributed by atoms with Gasteiger partial charge in [-0.25, -0.2) is 13.4 Å². The summed E-state index contributed by atoms with van der Waals surface area (Å²) < 4.78 is 68.1. The van der Waals surface area contributed by atoms with Crippen molar-refractivity contribution < 1.29 is 36.2 Å². The smallest absolute Gasteiger partial charge is 0.416 e. The minimum Gasteiger partial charge on any atom is -0.489 e. The second-order valence-electron chi connectivity index (χ2n) is 9.08. The zero-order chi connectivity index (χ0) is 28.2. The van der Waals surface area contributed by atoms with Crippen LogP contribution >= 0.6 is 0 Å². The number of halogens is 3. The van der Waals surface area contributed by atoms with Crippen LogP contribution in [0.5, 0.6) is 5.75 Å². The Labute approximate surface area is 224 Å². The summed E-state index contributed by atoms with van der Waals surface area (Å²) in [5, 5.41) is 12.5. The van der Waals surface area contributed by atoms with E-state index < -0.39 is 33.5 Å². The van der Waals surface area contributed by atoms with Gasteiger partial charge in [-0.05, 0) is 54.1 Å². The van der Waals surface area contributed by atoms with Crippen molar-refractivity contribution in [2.75, 3.05) is 30.3 Å². The van der Waals surface area contributed by atoms with Crippen molar-refractivity contribution in [2.24, 2.45) is 0 Å². The Morgan fingerprint density at radius 3 is 2.38 bits per heavy atom. The lowest BCUT2D eigenvalue weighted by atomic mass is 10.1. The van der Waals surface area contributed by atoms with Gasteiger partial charge in [0.15, 0.2) is 9.84 Å². The molecule has 0 radical (unpaired) electrons. The van der Waals surface area contributed by atoms with Crippen LogP contribution in [0.3, 0.4) is 0 Å². The molecule has 1 fully saturated rings. The highest BCUT2D eigenvalue weighted by Crippen LogP contribution is 2.31. The number of sulfone groups is 1. The molecule has 0 spiro atoms. The van der Waals surface area contributed by atoms with Gasteiger partial charge in [0.1, 0.15) is 17.7 Å². The molecule has 208 valence electrons. The van der Waals surface area contributed by atoms with Gasteiger partial charge in [0.25, 0.3) is 5.91 Å². The maximum atomic E-state index is 12.8. The molecule has 8 nitrogen and oxygen atoms in total. The fourth-order valence-electron chi connectivity index (χ4n) is 4.20. The van der Waals surface area contributed by atoms with Crippen LogP contribution in [0.2, 0.25) is 0 Å². The number of carbonyl (C=O) groups is 1. The highest BCUT2D eigenvalue weighted by molar-refractivity contribution is 7.91. The number of aliphatic hydroxyl groups excluding tert-OH is 1. The molecule has 1 aliphatic heterocycles. The number of aromatic nitrogens is 1. The van der Waals surface area contributed by atoms with E-state index in [1.54, 1.807) is 31.2 Å². The van der Waals surface area contributed by atoms with Crippen LogP contribution in [0.15, 0.2) is 71.8 Å². The first-order chi connectivity index (χ1) is 18.5. The topological polar surface area (TPSA) is 109 Å². The quantitative estimate of drug-likeness (QED) is 0.405. The third-order valence-corrected chi connectivity index (χ3v) is 8.22. The maximum Gasteiger partial charge on any atom is 0.416 e. The van der Waals surface area contributed by atoms with Crippen molar-refractivity contribution in [1.29, 1.82) is 0 Å². The molecule has 12 heteroatoms. The summed E-state index contributed by atoms with van der Waals surface area (Å²) in [5.74, 6) is 0.495. The molecule has 3 aromatic rings. The van der Waals surface area contributed by atoms with Gasteiger partial charge >= 0.3 is 6.18 Å². The molecule has 0 bridgehead atoms. The molecule has 4 rings (SSSR count). The predicted octanol–water partition coefficient (Wildman–Crippen LogP) is 4.02. The molecule has 2 heterocycles. The van der Waals surface area contributed by atoms with E-state index >= 15 is 0 Å². The van der Waals surface area contributed by atoms with Crippen LogP contribution < -0.4 is 15.0 Å². The SMILES string of the molecule is CCS(=O)(=O)c1ccc([C@H](CO)NC(=O)c2ccc(N3CCC(Oc4ccc(C(F)(F)F)cc4)C3)nc2)cc1. The summed E-state index contributed by atoms with van der Waals surface area (Å²) in [6.45, 7) is 2.28. The van der Waals surface area contributed by atoms with Crippen LogP contribution in [-0.2, 0) is 16.0 Å². The van der Waals surface area contributed by atoms with Crippen molar-refractivity contribution in [1.82, 2.24) is 10.3 Å². The standard InChI is InChI=1S/C27H28F3N3O5S/c1-2-39(36,37)23-10-3-18(4-11-23)24(17-34)32-26(35)19-5-12-25(31-15-19)33-14-13-22(16-33)38-21-8-6-20(7-9-21)27(28,29)30/h3-12,15,22,24,34H,2,13-14,16-17H2,1H3,(H,32,35)/t22?,24-/m0/s1. The Balaban J connectivity index is 1.34. The maximum absolute atomic E-state index is 12.8. The molecule has 0 saturated carbocycles. The summed E-state index contributed by atoms with van der Waals surface area (Å²) in [7, 11) is -3.36. The van der Waals surface area contributed by atoms with Crippen LogP contribution in [0.1, 0.15) is 40.9 Å². The average molecular weight is 564 g/mol. The number of nitrogens with zero attached hydrogens (tertiary/aromatic N) is 2. The molecular formula is C27H28F3N3O5S. The number of pyridine rings is 1. The van der Waals surface area contributed by atoms with Crippen LogP contribution in [0, 0.1) is 0 Å². The molecule has 39 heavy (non-hydrogen) atoms. The predicted molar refractivity (Wildman–Crippen MR) is 138 cm³/mol. The molecule has 2 aromatic carbocycles. The number of nitrogens with one attached hydrogen (secondary N) is 1. The largest absolute Gasteiger partial charge is 0.489 e. The van der Waals surface area contributed by atoms with Gasteiger partial charge in [-0.1, -0.05) is 19.1 Å². The normalized spacial score (nSPS) is 16.6. The second kappa shape index (κ2) is 11.6. The van der Waals surface area contributed by atoms with Gasteiger partial charge in [0, 0.05) is 19.2 Å². The van der Waals surface area contributed by atoms with E-state index in [1.165, 1.54) is 30.5 Å². The fraction of sp³-hybridized carbons (Fsp3) is 0.333. The molecule has 2 atom stereocenters. The number of ether oxygens (including phenoxy) is 1. The summed E-state index contributed by atoms with van der Waals surface area (Å²) in [4.78, 5) is 19.3. The molecule has 1 amide bonds. The molecule has 1 aromatic heterocycles. The zero-order valence-electron chi connectivity index (χ0n) is 21.1. The van der Waals surface area contributed by atoms with Crippen molar-refractivity contribution >= 4 is 21.6 Å². The van der Waals surface area contributed by atoms with Crippen LogP contribution in [0.4, 0.5) is 19.0 Å². The molecule has 1 unspecified atom stereocenters. The van der Waals surface area contributed by atoms with Gasteiger partial charge in [0.05, 0.1) is 41.0 Å². The third-order valence-electron chi connectivity index (χ3n) is 6.47. The average Bonchev–Trinajstić information content (AvgIpc) is 3.40. The lowest BCUT2D eigenvalue weighted by molar-refractivity contribution is -0.137.